The summed E-state index contributed by atoms with van der Waals surface area (Å²) >= 11 is 6.40. The number of ether oxygens (including phenoxy) is 2. The first-order valence-electron chi connectivity index (χ1n) is 13.6. The van der Waals surface area contributed by atoms with Crippen molar-refractivity contribution in [3.63, 3.8) is 0 Å². The van der Waals surface area contributed by atoms with Crippen LogP contribution in [-0.2, 0) is 4.79 Å². The molecular formula is C29H29ClN8O4. The minimum absolute atomic E-state index is 0.119. The van der Waals surface area contributed by atoms with E-state index in [1.54, 1.807) is 58.8 Å². The fourth-order valence-electron chi connectivity index (χ4n) is 5.15. The van der Waals surface area contributed by atoms with Gasteiger partial charge in [0, 0.05) is 56.9 Å². The molecule has 1 aromatic carbocycles. The highest BCUT2D eigenvalue weighted by atomic mass is 35.5. The van der Waals surface area contributed by atoms with Crippen LogP contribution in [0.1, 0.15) is 35.3 Å². The minimum atomic E-state index is -0.381. The first-order chi connectivity index (χ1) is 20.4. The molecule has 2 unspecified atom stereocenters. The number of hydrogen-bond acceptors (Lipinski definition) is 9. The minimum Gasteiger partial charge on any atom is -0.486 e. The number of benzene rings is 1. The molecule has 216 valence electrons. The van der Waals surface area contributed by atoms with Crippen molar-refractivity contribution in [3.05, 3.63) is 83.8 Å². The number of pyridine rings is 1. The molecule has 0 aliphatic carbocycles. The molecule has 2 aliphatic rings. The topological polar surface area (TPSA) is 128 Å². The first-order valence-corrected chi connectivity index (χ1v) is 14.0. The van der Waals surface area contributed by atoms with E-state index in [9.17, 15) is 9.59 Å². The number of halogens is 1. The lowest BCUT2D eigenvalue weighted by atomic mass is 10.0. The molecule has 0 saturated carbocycles. The lowest BCUT2D eigenvalue weighted by Crippen LogP contribution is -2.56. The molecule has 2 atom stereocenters. The van der Waals surface area contributed by atoms with Gasteiger partial charge in [0.05, 0.1) is 17.6 Å². The zero-order valence-corrected chi connectivity index (χ0v) is 23.6. The van der Waals surface area contributed by atoms with Gasteiger partial charge < -0.3 is 24.6 Å². The van der Waals surface area contributed by atoms with Crippen molar-refractivity contribution in [1.82, 2.24) is 34.7 Å². The first kappa shape index (κ1) is 27.5. The maximum atomic E-state index is 13.4. The molecule has 0 radical (unpaired) electrons. The van der Waals surface area contributed by atoms with Gasteiger partial charge in [-0.3, -0.25) is 19.1 Å². The molecule has 0 bridgehead atoms. The molecule has 3 aromatic heterocycles. The maximum absolute atomic E-state index is 13.4. The Morgan fingerprint density at radius 1 is 1.07 bits per heavy atom. The van der Waals surface area contributed by atoms with Gasteiger partial charge in [-0.15, -0.1) is 0 Å². The average Bonchev–Trinajstić information content (AvgIpc) is 3.56. The van der Waals surface area contributed by atoms with Crippen LogP contribution in [0.4, 0.5) is 5.82 Å². The summed E-state index contributed by atoms with van der Waals surface area (Å²) in [5.41, 5.74) is 1.39. The number of imidazole rings is 1. The Labute approximate surface area is 247 Å². The monoisotopic (exact) mass is 588 g/mol. The molecule has 6 rings (SSSR count). The molecule has 12 nitrogen and oxygen atoms in total. The zero-order valence-electron chi connectivity index (χ0n) is 22.9. The number of amides is 2. The van der Waals surface area contributed by atoms with E-state index < -0.39 is 0 Å². The van der Waals surface area contributed by atoms with Crippen LogP contribution in [0, 0.1) is 0 Å². The molecule has 1 saturated heterocycles. The molecule has 2 amide bonds. The summed E-state index contributed by atoms with van der Waals surface area (Å²) in [6.07, 6.45) is 8.24. The number of aromatic nitrogens is 5. The number of hydrogen-bond donors (Lipinski definition) is 1. The van der Waals surface area contributed by atoms with E-state index in [-0.39, 0.29) is 35.5 Å². The third-order valence-corrected chi connectivity index (χ3v) is 7.44. The summed E-state index contributed by atoms with van der Waals surface area (Å²) in [4.78, 5) is 47.7. The molecule has 2 aliphatic heterocycles. The predicted octanol–water partition coefficient (Wildman–Crippen LogP) is 3.08. The van der Waals surface area contributed by atoms with Gasteiger partial charge in [-0.25, -0.2) is 9.97 Å². The summed E-state index contributed by atoms with van der Waals surface area (Å²) in [7, 11) is 0. The van der Waals surface area contributed by atoms with Gasteiger partial charge in [-0.1, -0.05) is 17.7 Å². The smallest absolute Gasteiger partial charge is 0.255 e. The number of carbonyl (C=O) groups is 2. The Morgan fingerprint density at radius 2 is 1.93 bits per heavy atom. The van der Waals surface area contributed by atoms with Crippen molar-refractivity contribution in [2.24, 2.45) is 0 Å². The highest BCUT2D eigenvalue weighted by Gasteiger charge is 2.33. The van der Waals surface area contributed by atoms with Crippen molar-refractivity contribution >= 4 is 29.2 Å². The lowest BCUT2D eigenvalue weighted by Gasteiger charge is -2.42. The van der Waals surface area contributed by atoms with Crippen LogP contribution in [0.25, 0.3) is 5.95 Å². The average molecular weight is 589 g/mol. The number of fused-ring (bicyclic) bond motifs is 1. The van der Waals surface area contributed by atoms with Crippen LogP contribution in [0.15, 0.2) is 67.5 Å². The maximum Gasteiger partial charge on any atom is 0.255 e. The second-order valence-corrected chi connectivity index (χ2v) is 10.4. The fraction of sp³-hybridized carbons (Fsp3) is 0.310. The fourth-order valence-corrected chi connectivity index (χ4v) is 5.32. The second kappa shape index (κ2) is 12.0. The van der Waals surface area contributed by atoms with Crippen molar-refractivity contribution < 1.29 is 19.1 Å². The van der Waals surface area contributed by atoms with Crippen LogP contribution >= 0.6 is 11.6 Å². The van der Waals surface area contributed by atoms with Gasteiger partial charge in [0.25, 0.3) is 5.91 Å². The Balaban J connectivity index is 1.23. The van der Waals surface area contributed by atoms with Gasteiger partial charge in [0.15, 0.2) is 11.5 Å². The van der Waals surface area contributed by atoms with Gasteiger partial charge >= 0.3 is 0 Å². The highest BCUT2D eigenvalue weighted by molar-refractivity contribution is 6.29. The van der Waals surface area contributed by atoms with Crippen LogP contribution in [0.3, 0.4) is 0 Å². The summed E-state index contributed by atoms with van der Waals surface area (Å²) in [6, 6.07) is 10.1. The molecule has 13 heteroatoms. The number of rotatable bonds is 7. The van der Waals surface area contributed by atoms with Crippen molar-refractivity contribution in [2.75, 3.05) is 37.7 Å². The summed E-state index contributed by atoms with van der Waals surface area (Å²) in [5.74, 6) is 1.97. The summed E-state index contributed by atoms with van der Waals surface area (Å²) in [5, 5.41) is 3.35. The number of piperazine rings is 1. The summed E-state index contributed by atoms with van der Waals surface area (Å²) < 4.78 is 13.0. The molecule has 0 spiro atoms. The van der Waals surface area contributed by atoms with Gasteiger partial charge in [-0.05, 0) is 36.8 Å². The van der Waals surface area contributed by atoms with Gasteiger partial charge in [-0.2, -0.15) is 4.98 Å². The quantitative estimate of drug-likeness (QED) is 0.324. The Bertz CT molecular complexity index is 1570. The number of nitrogens with one attached hydrogen (secondary N) is 1. The van der Waals surface area contributed by atoms with Crippen molar-refractivity contribution in [2.45, 2.75) is 25.4 Å². The number of anilines is 1. The third kappa shape index (κ3) is 5.98. The van der Waals surface area contributed by atoms with Crippen LogP contribution in [0.5, 0.6) is 11.5 Å². The standard InChI is InChI=1S/C29H29ClN8O4/c1-19(20-4-5-23-24(13-20)42-12-11-41-23)33-27(39)14-22-17-36(28(40)21-3-2-6-31-16-21)9-10-38(22)26-15-25(30)34-29(35-26)37-8-7-32-18-37/h2-8,13,15-16,18-19,22H,9-12,14,17H2,1H3,(H,33,39). The number of nitrogens with zero attached hydrogens (tertiary/aromatic N) is 7. The largest absolute Gasteiger partial charge is 0.486 e. The highest BCUT2D eigenvalue weighted by Crippen LogP contribution is 2.33. The Morgan fingerprint density at radius 3 is 2.71 bits per heavy atom. The summed E-state index contributed by atoms with van der Waals surface area (Å²) in [6.45, 7) is 4.10. The van der Waals surface area contributed by atoms with E-state index in [0.717, 1.165) is 5.56 Å². The van der Waals surface area contributed by atoms with E-state index in [4.69, 9.17) is 26.1 Å². The van der Waals surface area contributed by atoms with E-state index in [0.29, 0.717) is 61.7 Å². The Kier molecular flexibility index (Phi) is 7.87. The van der Waals surface area contributed by atoms with Crippen LogP contribution in [-0.4, -0.2) is 80.1 Å². The molecule has 4 aromatic rings. The van der Waals surface area contributed by atoms with Crippen molar-refractivity contribution in [3.8, 4) is 17.4 Å². The van der Waals surface area contributed by atoms with E-state index in [2.05, 4.69) is 20.3 Å². The molecule has 5 heterocycles. The molecule has 42 heavy (non-hydrogen) atoms. The molecule has 1 N–H and O–H groups in total. The molecular weight excluding hydrogens is 560 g/mol. The zero-order chi connectivity index (χ0) is 29.1. The van der Waals surface area contributed by atoms with Gasteiger partial charge in [0.1, 0.15) is 30.5 Å². The van der Waals surface area contributed by atoms with Crippen LogP contribution in [0.2, 0.25) is 5.15 Å². The second-order valence-electron chi connectivity index (χ2n) is 10.1. The van der Waals surface area contributed by atoms with Crippen molar-refractivity contribution in [1.29, 1.82) is 0 Å². The third-order valence-electron chi connectivity index (χ3n) is 7.24. The van der Waals surface area contributed by atoms with Crippen LogP contribution < -0.4 is 19.7 Å². The van der Waals surface area contributed by atoms with E-state index in [1.165, 1.54) is 0 Å². The van der Waals surface area contributed by atoms with E-state index >= 15 is 0 Å². The lowest BCUT2D eigenvalue weighted by molar-refractivity contribution is -0.122. The molecule has 1 fully saturated rings. The SMILES string of the molecule is CC(NC(=O)CC1CN(C(=O)c2cccnc2)CCN1c1cc(Cl)nc(-n2ccnc2)n1)c1ccc2c(c1)OCCO2. The normalized spacial score (nSPS) is 17.0. The van der Waals surface area contributed by atoms with E-state index in [1.807, 2.05) is 30.0 Å². The van der Waals surface area contributed by atoms with Gasteiger partial charge in [0.2, 0.25) is 11.9 Å². The predicted molar refractivity (Wildman–Crippen MR) is 154 cm³/mol. The Hall–Kier alpha value is -4.71. The number of carbonyl (C=O) groups excluding carboxylic acids is 2.